The number of anilines is 3. The molecule has 1 aliphatic rings. The first kappa shape index (κ1) is 30.4. The summed E-state index contributed by atoms with van der Waals surface area (Å²) in [6.07, 6.45) is 0.661. The Kier molecular flexibility index (Phi) is 8.17. The number of nitrogens with two attached hydrogens (primary N) is 1. The number of carboxylic acid groups (broad SMARTS) is 1. The van der Waals surface area contributed by atoms with Gasteiger partial charge in [0.2, 0.25) is 0 Å². The van der Waals surface area contributed by atoms with Gasteiger partial charge in [-0.3, -0.25) is 15.2 Å². The Balaban J connectivity index is 1.06. The lowest BCUT2D eigenvalue weighted by molar-refractivity contribution is 0.0691. The number of para-hydroxylation sites is 1. The van der Waals surface area contributed by atoms with Gasteiger partial charge in [-0.05, 0) is 53.8 Å². The van der Waals surface area contributed by atoms with E-state index < -0.39 is 5.97 Å². The molecule has 12 nitrogen and oxygen atoms in total. The second-order valence-electron chi connectivity index (χ2n) is 10.6. The maximum atomic E-state index is 13.4. The number of aromatic carboxylic acids is 1. The van der Waals surface area contributed by atoms with E-state index >= 15 is 0 Å². The molecule has 6 aromatic rings. The van der Waals surface area contributed by atoms with E-state index in [0.717, 1.165) is 21.3 Å². The quantitative estimate of drug-likeness (QED) is 0.157. The molecule has 4 heterocycles. The van der Waals surface area contributed by atoms with Crippen LogP contribution >= 0.6 is 22.7 Å². The SMILES string of the molecule is N#Cc1c(N)n[nH]c1-c1cccc(OCC#Cc2sc(N3CCc4cccc(C(=O)Nc5nc6ccccc6s5)c4C3)nc2C(=O)O)c1. The number of hydrogen-bond donors (Lipinski definition) is 4. The first-order valence-electron chi connectivity index (χ1n) is 14.6. The van der Waals surface area contributed by atoms with Gasteiger partial charge in [0.1, 0.15) is 28.9 Å². The molecule has 0 saturated carbocycles. The highest BCUT2D eigenvalue weighted by Gasteiger charge is 2.26. The van der Waals surface area contributed by atoms with Crippen LogP contribution in [-0.4, -0.2) is 50.3 Å². The fraction of sp³-hybridized carbons (Fsp3) is 0.118. The van der Waals surface area contributed by atoms with Gasteiger partial charge in [-0.1, -0.05) is 65.0 Å². The number of amides is 1. The van der Waals surface area contributed by atoms with E-state index in [4.69, 9.17) is 10.5 Å². The van der Waals surface area contributed by atoms with Gasteiger partial charge < -0.3 is 20.5 Å². The number of benzene rings is 3. The van der Waals surface area contributed by atoms with Crippen molar-refractivity contribution in [3.63, 3.8) is 0 Å². The third kappa shape index (κ3) is 6.01. The molecule has 3 aromatic heterocycles. The van der Waals surface area contributed by atoms with Crippen LogP contribution in [0.5, 0.6) is 5.75 Å². The molecule has 7 rings (SSSR count). The summed E-state index contributed by atoms with van der Waals surface area (Å²) in [4.78, 5) is 36.7. The van der Waals surface area contributed by atoms with Gasteiger partial charge >= 0.3 is 5.97 Å². The Hall–Kier alpha value is -6.22. The highest BCUT2D eigenvalue weighted by Crippen LogP contribution is 2.33. The topological polar surface area (TPSA) is 183 Å². The molecule has 14 heteroatoms. The highest BCUT2D eigenvalue weighted by molar-refractivity contribution is 7.22. The van der Waals surface area contributed by atoms with Crippen LogP contribution in [0.4, 0.5) is 16.1 Å². The predicted molar refractivity (Wildman–Crippen MR) is 183 cm³/mol. The monoisotopic (exact) mass is 672 g/mol. The number of carbonyl (C=O) groups is 2. The fourth-order valence-corrected chi connectivity index (χ4v) is 7.19. The number of aromatic amines is 1. The Morgan fingerprint density at radius 1 is 1.10 bits per heavy atom. The number of ether oxygens (including phenoxy) is 1. The third-order valence-corrected chi connectivity index (χ3v) is 9.65. The Morgan fingerprint density at radius 3 is 2.79 bits per heavy atom. The number of nitriles is 1. The van der Waals surface area contributed by atoms with Crippen molar-refractivity contribution in [2.24, 2.45) is 0 Å². The number of thiazole rings is 2. The van der Waals surface area contributed by atoms with Gasteiger partial charge in [0.15, 0.2) is 21.8 Å². The minimum atomic E-state index is -1.18. The largest absolute Gasteiger partial charge is 0.481 e. The summed E-state index contributed by atoms with van der Waals surface area (Å²) in [6, 6.07) is 22.4. The zero-order chi connectivity index (χ0) is 33.2. The number of nitrogens with zero attached hydrogens (tertiary/aromatic N) is 5. The fourth-order valence-electron chi connectivity index (χ4n) is 5.38. The number of rotatable bonds is 7. The van der Waals surface area contributed by atoms with Crippen LogP contribution in [-0.2, 0) is 13.0 Å². The normalized spacial score (nSPS) is 12.1. The summed E-state index contributed by atoms with van der Waals surface area (Å²) < 4.78 is 6.78. The summed E-state index contributed by atoms with van der Waals surface area (Å²) in [5.41, 5.74) is 10.3. The molecule has 0 bridgehead atoms. The molecule has 5 N–H and O–H groups in total. The number of hydrogen-bond acceptors (Lipinski definition) is 11. The number of nitrogen functional groups attached to an aromatic ring is 1. The van der Waals surface area contributed by atoms with E-state index in [1.54, 1.807) is 30.3 Å². The molecule has 236 valence electrons. The number of carboxylic acids is 1. The molecule has 3 aromatic carbocycles. The predicted octanol–water partition coefficient (Wildman–Crippen LogP) is 5.54. The summed E-state index contributed by atoms with van der Waals surface area (Å²) in [7, 11) is 0. The molecule has 48 heavy (non-hydrogen) atoms. The van der Waals surface area contributed by atoms with E-state index in [2.05, 4.69) is 37.3 Å². The molecule has 0 radical (unpaired) electrons. The van der Waals surface area contributed by atoms with Crippen molar-refractivity contribution in [2.75, 3.05) is 29.1 Å². The van der Waals surface area contributed by atoms with E-state index in [1.807, 2.05) is 47.4 Å². The second-order valence-corrected chi connectivity index (χ2v) is 12.6. The lowest BCUT2D eigenvalue weighted by atomic mass is 9.94. The smallest absolute Gasteiger partial charge is 0.356 e. The van der Waals surface area contributed by atoms with Crippen molar-refractivity contribution in [1.29, 1.82) is 5.26 Å². The lowest BCUT2D eigenvalue weighted by Crippen LogP contribution is -2.32. The molecule has 0 aliphatic carbocycles. The van der Waals surface area contributed by atoms with Gasteiger partial charge in [-0.25, -0.2) is 14.8 Å². The van der Waals surface area contributed by atoms with Crippen molar-refractivity contribution in [3.8, 4) is 34.9 Å². The van der Waals surface area contributed by atoms with Crippen molar-refractivity contribution >= 4 is 60.8 Å². The zero-order valence-electron chi connectivity index (χ0n) is 25.0. The second kappa shape index (κ2) is 12.9. The van der Waals surface area contributed by atoms with E-state index in [1.165, 1.54) is 22.7 Å². The van der Waals surface area contributed by atoms with Crippen LogP contribution in [0.3, 0.4) is 0 Å². The minimum absolute atomic E-state index is 0.0177. The summed E-state index contributed by atoms with van der Waals surface area (Å²) >= 11 is 2.60. The molecular weight excluding hydrogens is 649 g/mol. The number of fused-ring (bicyclic) bond motifs is 2. The molecular formula is C34H24N8O4S2. The van der Waals surface area contributed by atoms with Gasteiger partial charge in [-0.15, -0.1) is 0 Å². The molecule has 0 fully saturated rings. The molecule has 0 atom stereocenters. The summed E-state index contributed by atoms with van der Waals surface area (Å²) in [5.74, 6) is 4.96. The average molecular weight is 673 g/mol. The Labute approximate surface area is 281 Å². The molecule has 1 aliphatic heterocycles. The van der Waals surface area contributed by atoms with E-state index in [9.17, 15) is 20.0 Å². The number of aromatic nitrogens is 4. The van der Waals surface area contributed by atoms with Crippen molar-refractivity contribution in [2.45, 2.75) is 13.0 Å². The van der Waals surface area contributed by atoms with E-state index in [-0.39, 0.29) is 29.6 Å². The van der Waals surface area contributed by atoms with Crippen LogP contribution in [0, 0.1) is 23.2 Å². The number of H-pyrrole nitrogens is 1. The van der Waals surface area contributed by atoms with Crippen molar-refractivity contribution in [3.05, 3.63) is 99.6 Å². The molecule has 0 saturated heterocycles. The average Bonchev–Trinajstić information content (AvgIpc) is 3.82. The molecule has 0 unspecified atom stereocenters. The van der Waals surface area contributed by atoms with Crippen LogP contribution in [0.2, 0.25) is 0 Å². The van der Waals surface area contributed by atoms with E-state index in [0.29, 0.717) is 57.2 Å². The number of nitrogens with one attached hydrogen (secondary N) is 2. The van der Waals surface area contributed by atoms with Gasteiger partial charge in [0, 0.05) is 24.2 Å². The van der Waals surface area contributed by atoms with Crippen molar-refractivity contribution < 1.29 is 19.4 Å². The third-order valence-electron chi connectivity index (χ3n) is 7.66. The summed E-state index contributed by atoms with van der Waals surface area (Å²) in [5, 5.41) is 29.9. The van der Waals surface area contributed by atoms with Gasteiger partial charge in [0.05, 0.1) is 15.9 Å². The molecule has 0 spiro atoms. The maximum Gasteiger partial charge on any atom is 0.356 e. The van der Waals surface area contributed by atoms with Crippen LogP contribution in [0.25, 0.3) is 21.5 Å². The van der Waals surface area contributed by atoms with Gasteiger partial charge in [0.25, 0.3) is 5.91 Å². The Morgan fingerprint density at radius 2 is 1.96 bits per heavy atom. The first-order chi connectivity index (χ1) is 23.4. The van der Waals surface area contributed by atoms with Crippen molar-refractivity contribution in [1.82, 2.24) is 20.2 Å². The van der Waals surface area contributed by atoms with Crippen LogP contribution in [0.15, 0.2) is 66.7 Å². The summed E-state index contributed by atoms with van der Waals surface area (Å²) in [6.45, 7) is 0.966. The van der Waals surface area contributed by atoms with Crippen LogP contribution < -0.4 is 20.7 Å². The minimum Gasteiger partial charge on any atom is -0.481 e. The molecule has 1 amide bonds. The maximum absolute atomic E-state index is 13.4. The first-order valence-corrected chi connectivity index (χ1v) is 16.2. The standard InChI is InChI=1S/C34H24N8O4S2/c35-17-23-28(40-41-30(23)36)20-7-3-8-21(16-20)46-15-5-12-27-29(32(44)45)38-34(48-27)42-14-13-19-6-4-9-22(24(19)18-42)31(43)39-33-37-25-10-1-2-11-26(25)47-33/h1-4,6-11,16H,13-15,18H2,(H,44,45)(H3,36,40,41)(H,37,39,43). The van der Waals surface area contributed by atoms with Crippen LogP contribution in [0.1, 0.15) is 42.4 Å². The zero-order valence-corrected chi connectivity index (χ0v) is 26.6. The number of carbonyl (C=O) groups excluding carboxylic acids is 1. The van der Waals surface area contributed by atoms with Gasteiger partial charge in [-0.2, -0.15) is 10.4 Å². The lowest BCUT2D eigenvalue weighted by Gasteiger charge is -2.29. The highest BCUT2D eigenvalue weighted by atomic mass is 32.1. The Bertz CT molecular complexity index is 2290.